The van der Waals surface area contributed by atoms with Crippen LogP contribution in [0.2, 0.25) is 0 Å². The van der Waals surface area contributed by atoms with Gasteiger partial charge in [-0.25, -0.2) is 0 Å². The van der Waals surface area contributed by atoms with Crippen LogP contribution in [-0.2, 0) is 11.2 Å². The predicted octanol–water partition coefficient (Wildman–Crippen LogP) is 0.841. The third-order valence-electron chi connectivity index (χ3n) is 2.88. The van der Waals surface area contributed by atoms with Crippen molar-refractivity contribution in [2.45, 2.75) is 19.4 Å². The Kier molecular flexibility index (Phi) is 3.74. The Bertz CT molecular complexity index is 326. The van der Waals surface area contributed by atoms with Crippen LogP contribution in [0.3, 0.4) is 0 Å². The fourth-order valence-electron chi connectivity index (χ4n) is 1.88. The number of hydrogen-bond acceptors (Lipinski definition) is 4. The minimum absolute atomic E-state index is 0.0698. The summed E-state index contributed by atoms with van der Waals surface area (Å²) < 4.78 is 5.41. The van der Waals surface area contributed by atoms with Crippen molar-refractivity contribution in [2.75, 3.05) is 31.2 Å². The van der Waals surface area contributed by atoms with Gasteiger partial charge in [-0.3, -0.25) is 4.98 Å². The molecule has 16 heavy (non-hydrogen) atoms. The van der Waals surface area contributed by atoms with Gasteiger partial charge in [0.2, 0.25) is 0 Å². The number of morpholine rings is 1. The van der Waals surface area contributed by atoms with Crippen LogP contribution in [0.25, 0.3) is 0 Å². The van der Waals surface area contributed by atoms with Crippen LogP contribution < -0.4 is 4.90 Å². The summed E-state index contributed by atoms with van der Waals surface area (Å²) in [6.45, 7) is 4.45. The predicted molar refractivity (Wildman–Crippen MR) is 62.7 cm³/mol. The van der Waals surface area contributed by atoms with E-state index >= 15 is 0 Å². The normalized spacial score (nSPS) is 21.1. The Morgan fingerprint density at radius 1 is 1.56 bits per heavy atom. The number of rotatable bonds is 3. The molecule has 0 radical (unpaired) electrons. The number of anilines is 1. The molecule has 1 N–H and O–H groups in total. The van der Waals surface area contributed by atoms with E-state index in [9.17, 15) is 0 Å². The molecule has 1 aromatic heterocycles. The molecular formula is C12H18N2O2. The van der Waals surface area contributed by atoms with Gasteiger partial charge in [0.25, 0.3) is 0 Å². The summed E-state index contributed by atoms with van der Waals surface area (Å²) in [5.74, 6) is 0. The number of ether oxygens (including phenoxy) is 1. The smallest absolute Gasteiger partial charge is 0.0980 e. The molecule has 4 nitrogen and oxygen atoms in total. The third-order valence-corrected chi connectivity index (χ3v) is 2.88. The zero-order valence-corrected chi connectivity index (χ0v) is 9.59. The van der Waals surface area contributed by atoms with Gasteiger partial charge in [0.15, 0.2) is 0 Å². The molecule has 1 aromatic rings. The summed E-state index contributed by atoms with van der Waals surface area (Å²) in [6, 6.07) is 4.14. The molecular weight excluding hydrogens is 204 g/mol. The van der Waals surface area contributed by atoms with E-state index in [2.05, 4.69) is 28.9 Å². The highest BCUT2D eigenvalue weighted by Crippen LogP contribution is 2.16. The molecule has 1 atom stereocenters. The zero-order valence-electron chi connectivity index (χ0n) is 9.59. The largest absolute Gasteiger partial charge is 0.394 e. The van der Waals surface area contributed by atoms with Crippen LogP contribution in [0.5, 0.6) is 0 Å². The number of hydrogen-bond donors (Lipinski definition) is 1. The molecule has 4 heteroatoms. The first-order chi connectivity index (χ1) is 7.83. The molecule has 0 unspecified atom stereocenters. The van der Waals surface area contributed by atoms with Gasteiger partial charge in [-0.2, -0.15) is 0 Å². The van der Waals surface area contributed by atoms with Crippen molar-refractivity contribution in [3.8, 4) is 0 Å². The maximum absolute atomic E-state index is 9.07. The van der Waals surface area contributed by atoms with E-state index in [4.69, 9.17) is 9.84 Å². The maximum Gasteiger partial charge on any atom is 0.0980 e. The summed E-state index contributed by atoms with van der Waals surface area (Å²) in [6.07, 6.45) is 2.79. The van der Waals surface area contributed by atoms with Crippen molar-refractivity contribution in [2.24, 2.45) is 0 Å². The molecule has 0 amide bonds. The average molecular weight is 222 g/mol. The van der Waals surface area contributed by atoms with Gasteiger partial charge < -0.3 is 14.7 Å². The standard InChI is InChI=1S/C12H18N2O2/c1-2-10-3-4-11(7-13-10)14-5-6-16-12(8-14)9-15/h3-4,7,12,15H,2,5-6,8-9H2,1H3/t12-/m1/s1. The molecule has 1 aliphatic rings. The first-order valence-electron chi connectivity index (χ1n) is 5.75. The molecule has 0 bridgehead atoms. The lowest BCUT2D eigenvalue weighted by Crippen LogP contribution is -2.44. The molecule has 0 aromatic carbocycles. The van der Waals surface area contributed by atoms with Crippen molar-refractivity contribution < 1.29 is 9.84 Å². The second-order valence-electron chi connectivity index (χ2n) is 3.98. The van der Waals surface area contributed by atoms with E-state index in [1.807, 2.05) is 6.20 Å². The van der Waals surface area contributed by atoms with Gasteiger partial charge in [-0.05, 0) is 18.6 Å². The fraction of sp³-hybridized carbons (Fsp3) is 0.583. The van der Waals surface area contributed by atoms with Crippen molar-refractivity contribution in [1.29, 1.82) is 0 Å². The van der Waals surface area contributed by atoms with E-state index in [0.717, 1.165) is 30.9 Å². The van der Waals surface area contributed by atoms with Crippen LogP contribution in [-0.4, -0.2) is 42.5 Å². The molecule has 0 spiro atoms. The van der Waals surface area contributed by atoms with Crippen molar-refractivity contribution in [1.82, 2.24) is 4.98 Å². The molecule has 0 aliphatic carbocycles. The number of pyridine rings is 1. The van der Waals surface area contributed by atoms with Crippen LogP contribution in [0, 0.1) is 0 Å². The minimum Gasteiger partial charge on any atom is -0.394 e. The lowest BCUT2D eigenvalue weighted by Gasteiger charge is -2.33. The van der Waals surface area contributed by atoms with Crippen LogP contribution >= 0.6 is 0 Å². The fourth-order valence-corrected chi connectivity index (χ4v) is 1.88. The SMILES string of the molecule is CCc1ccc(N2CCO[C@@H](CO)C2)cn1. The Morgan fingerprint density at radius 3 is 3.06 bits per heavy atom. The molecule has 88 valence electrons. The van der Waals surface area contributed by atoms with Crippen LogP contribution in [0.15, 0.2) is 18.3 Å². The van der Waals surface area contributed by atoms with Gasteiger partial charge in [0, 0.05) is 18.8 Å². The van der Waals surface area contributed by atoms with E-state index in [0.29, 0.717) is 6.61 Å². The lowest BCUT2D eigenvalue weighted by molar-refractivity contribution is 0.00355. The van der Waals surface area contributed by atoms with E-state index in [1.165, 1.54) is 0 Å². The van der Waals surface area contributed by atoms with Gasteiger partial charge in [-0.15, -0.1) is 0 Å². The summed E-state index contributed by atoms with van der Waals surface area (Å²) in [5.41, 5.74) is 2.22. The number of aliphatic hydroxyl groups is 1. The monoisotopic (exact) mass is 222 g/mol. The van der Waals surface area contributed by atoms with Gasteiger partial charge in [0.05, 0.1) is 31.2 Å². The Balaban J connectivity index is 2.05. The highest BCUT2D eigenvalue weighted by molar-refractivity contribution is 5.45. The number of aryl methyl sites for hydroxylation is 1. The highest BCUT2D eigenvalue weighted by Gasteiger charge is 2.19. The number of nitrogens with zero attached hydrogens (tertiary/aromatic N) is 2. The second kappa shape index (κ2) is 5.27. The highest BCUT2D eigenvalue weighted by atomic mass is 16.5. The lowest BCUT2D eigenvalue weighted by atomic mass is 10.2. The van der Waals surface area contributed by atoms with E-state index < -0.39 is 0 Å². The van der Waals surface area contributed by atoms with Gasteiger partial charge >= 0.3 is 0 Å². The molecule has 2 rings (SSSR count). The summed E-state index contributed by atoms with van der Waals surface area (Å²) in [4.78, 5) is 6.58. The minimum atomic E-state index is -0.0698. The Morgan fingerprint density at radius 2 is 2.44 bits per heavy atom. The van der Waals surface area contributed by atoms with Gasteiger partial charge in [0.1, 0.15) is 0 Å². The van der Waals surface area contributed by atoms with Gasteiger partial charge in [-0.1, -0.05) is 6.92 Å². The van der Waals surface area contributed by atoms with Crippen molar-refractivity contribution in [3.63, 3.8) is 0 Å². The maximum atomic E-state index is 9.07. The summed E-state index contributed by atoms with van der Waals surface area (Å²) in [5, 5.41) is 9.07. The molecule has 1 aliphatic heterocycles. The van der Waals surface area contributed by atoms with Crippen molar-refractivity contribution in [3.05, 3.63) is 24.0 Å². The Hall–Kier alpha value is -1.13. The number of aromatic nitrogens is 1. The van der Waals surface area contributed by atoms with E-state index in [-0.39, 0.29) is 12.7 Å². The van der Waals surface area contributed by atoms with Crippen LogP contribution in [0.1, 0.15) is 12.6 Å². The summed E-state index contributed by atoms with van der Waals surface area (Å²) in [7, 11) is 0. The third kappa shape index (κ3) is 2.51. The number of aliphatic hydroxyl groups excluding tert-OH is 1. The first-order valence-corrected chi connectivity index (χ1v) is 5.75. The molecule has 0 saturated carbocycles. The molecule has 2 heterocycles. The average Bonchev–Trinajstić information content (AvgIpc) is 2.39. The molecule has 1 saturated heterocycles. The topological polar surface area (TPSA) is 45.6 Å². The van der Waals surface area contributed by atoms with Crippen LogP contribution in [0.4, 0.5) is 5.69 Å². The second-order valence-corrected chi connectivity index (χ2v) is 3.98. The summed E-state index contributed by atoms with van der Waals surface area (Å²) >= 11 is 0. The Labute approximate surface area is 95.9 Å². The van der Waals surface area contributed by atoms with E-state index in [1.54, 1.807) is 0 Å². The van der Waals surface area contributed by atoms with Crippen molar-refractivity contribution >= 4 is 5.69 Å². The zero-order chi connectivity index (χ0) is 11.4. The molecule has 1 fully saturated rings. The quantitative estimate of drug-likeness (QED) is 0.823. The first kappa shape index (κ1) is 11.4.